The number of hydrogen-bond acceptors (Lipinski definition) is 7. The molecule has 9 nitrogen and oxygen atoms in total. The molecule has 0 saturated heterocycles. The van der Waals surface area contributed by atoms with Crippen molar-refractivity contribution in [1.29, 1.82) is 0 Å². The van der Waals surface area contributed by atoms with Gasteiger partial charge in [0.2, 0.25) is 0 Å². The van der Waals surface area contributed by atoms with Crippen molar-refractivity contribution in [2.45, 2.75) is 64.4 Å². The monoisotopic (exact) mass is 466 g/mol. The second kappa shape index (κ2) is 8.14. The highest BCUT2D eigenvalue weighted by Gasteiger charge is 2.52. The highest BCUT2D eigenvalue weighted by molar-refractivity contribution is 5.91. The van der Waals surface area contributed by atoms with E-state index in [-0.39, 0.29) is 17.1 Å². The predicted octanol–water partition coefficient (Wildman–Crippen LogP) is 5.23. The molecular weight excluding hydrogens is 440 g/mol. The molecule has 1 aromatic rings. The first-order chi connectivity index (χ1) is 16.2. The number of hydrogen-bond donors (Lipinski definition) is 0. The Hall–Kier alpha value is -3.36. The van der Waals surface area contributed by atoms with Crippen LogP contribution in [0.3, 0.4) is 0 Å². The van der Waals surface area contributed by atoms with Crippen LogP contribution in [0, 0.1) is 37.5 Å². The minimum Gasteiger partial charge on any atom is -0.458 e. The number of rotatable bonds is 4. The number of esters is 1. The summed E-state index contributed by atoms with van der Waals surface area (Å²) in [6.07, 6.45) is 8.26. The molecule has 0 aliphatic heterocycles. The summed E-state index contributed by atoms with van der Waals surface area (Å²) in [4.78, 5) is 45.9. The van der Waals surface area contributed by atoms with E-state index in [1.807, 2.05) is 0 Å². The van der Waals surface area contributed by atoms with E-state index >= 15 is 0 Å². The van der Waals surface area contributed by atoms with E-state index < -0.39 is 27.2 Å². The van der Waals surface area contributed by atoms with Gasteiger partial charge in [-0.05, 0) is 44.4 Å². The van der Waals surface area contributed by atoms with Crippen molar-refractivity contribution < 1.29 is 24.2 Å². The topological polar surface area (TPSA) is 130 Å². The lowest BCUT2D eigenvalue weighted by atomic mass is 9.58. The van der Waals surface area contributed by atoms with Gasteiger partial charge in [0.25, 0.3) is 11.4 Å². The zero-order chi connectivity index (χ0) is 24.2. The summed E-state index contributed by atoms with van der Waals surface area (Å²) in [6.45, 7) is 2.13. The van der Waals surface area contributed by atoms with Crippen molar-refractivity contribution in [1.82, 2.24) is 0 Å². The highest BCUT2D eigenvalue weighted by Crippen LogP contribution is 2.58. The van der Waals surface area contributed by atoms with Gasteiger partial charge in [0, 0.05) is 36.3 Å². The fourth-order valence-electron chi connectivity index (χ4n) is 6.56. The van der Waals surface area contributed by atoms with Crippen LogP contribution in [0.4, 0.5) is 11.4 Å². The molecule has 0 spiro atoms. The number of non-ortho nitro benzene ring substituents is 2. The molecule has 4 aliphatic carbocycles. The third-order valence-electron chi connectivity index (χ3n) is 8.33. The Labute approximate surface area is 196 Å². The van der Waals surface area contributed by atoms with Crippen molar-refractivity contribution in [3.8, 4) is 0 Å². The summed E-state index contributed by atoms with van der Waals surface area (Å²) in [7, 11) is 0. The first-order valence-corrected chi connectivity index (χ1v) is 11.8. The molecule has 0 unspecified atom stereocenters. The smallest absolute Gasteiger partial charge is 0.338 e. The van der Waals surface area contributed by atoms with E-state index in [1.54, 1.807) is 0 Å². The molecule has 0 amide bonds. The Bertz CT molecular complexity index is 1150. The van der Waals surface area contributed by atoms with Crippen LogP contribution >= 0.6 is 0 Å². The van der Waals surface area contributed by atoms with Gasteiger partial charge in [0.1, 0.15) is 11.9 Å². The van der Waals surface area contributed by atoms with Gasteiger partial charge in [-0.1, -0.05) is 29.7 Å². The second-order valence-corrected chi connectivity index (χ2v) is 10.1. The largest absolute Gasteiger partial charge is 0.458 e. The number of benzene rings is 1. The van der Waals surface area contributed by atoms with Gasteiger partial charge in [-0.25, -0.2) is 4.79 Å². The Morgan fingerprint density at radius 1 is 1.06 bits per heavy atom. The lowest BCUT2D eigenvalue weighted by Crippen LogP contribution is -2.39. The molecule has 2 fully saturated rings. The van der Waals surface area contributed by atoms with E-state index in [2.05, 4.69) is 13.0 Å². The van der Waals surface area contributed by atoms with Crippen molar-refractivity contribution in [2.75, 3.05) is 0 Å². The van der Waals surface area contributed by atoms with E-state index in [0.29, 0.717) is 36.9 Å². The first kappa shape index (κ1) is 22.4. The van der Waals surface area contributed by atoms with Gasteiger partial charge in [-0.3, -0.25) is 25.0 Å². The summed E-state index contributed by atoms with van der Waals surface area (Å²) < 4.78 is 5.65. The number of nitro benzene ring substituents is 2. The van der Waals surface area contributed by atoms with Crippen LogP contribution in [0.25, 0.3) is 0 Å². The van der Waals surface area contributed by atoms with Crippen molar-refractivity contribution in [2.24, 2.45) is 17.3 Å². The predicted molar refractivity (Wildman–Crippen MR) is 121 cm³/mol. The number of nitrogens with zero attached hydrogens (tertiary/aromatic N) is 2. The molecule has 1 aromatic carbocycles. The van der Waals surface area contributed by atoms with Crippen LogP contribution in [-0.4, -0.2) is 27.7 Å². The summed E-state index contributed by atoms with van der Waals surface area (Å²) in [5, 5.41) is 22.2. The average molecular weight is 466 g/mol. The standard InChI is InChI=1S/C25H26N2O7/c1-25-9-8-20-19-5-3-18(12-14(19)2-4-21(20)22(25)6-7-23(25)28)34-24(29)15-10-16(26(30)31)13-17(11-15)27(32)33/h4,10-11,13,18,20,22H,2-3,5-9,12H2,1H3/t18-,20+,22-,25-/m0/s1. The van der Waals surface area contributed by atoms with E-state index in [1.165, 1.54) is 16.7 Å². The van der Waals surface area contributed by atoms with Gasteiger partial charge in [0.05, 0.1) is 21.5 Å². The number of fused-ring (bicyclic) bond motifs is 4. The number of Topliss-reactive ketones (excluding diaryl/α,β-unsaturated/α-hetero) is 1. The molecule has 0 aromatic heterocycles. The third-order valence-corrected chi connectivity index (χ3v) is 8.33. The van der Waals surface area contributed by atoms with Gasteiger partial charge in [0.15, 0.2) is 0 Å². The maximum Gasteiger partial charge on any atom is 0.338 e. The van der Waals surface area contributed by atoms with Gasteiger partial charge in [-0.2, -0.15) is 0 Å². The number of carbonyl (C=O) groups excluding carboxylic acids is 2. The zero-order valence-electron chi connectivity index (χ0n) is 19.0. The number of carbonyl (C=O) groups is 2. The molecule has 4 aliphatic rings. The van der Waals surface area contributed by atoms with Crippen molar-refractivity contribution in [3.63, 3.8) is 0 Å². The molecule has 4 atom stereocenters. The number of nitro groups is 2. The van der Waals surface area contributed by atoms with Crippen LogP contribution in [0.1, 0.15) is 68.6 Å². The lowest BCUT2D eigenvalue weighted by molar-refractivity contribution is -0.394. The number of allylic oxidation sites excluding steroid dienone is 3. The maximum atomic E-state index is 12.7. The van der Waals surface area contributed by atoms with Crippen LogP contribution in [-0.2, 0) is 9.53 Å². The van der Waals surface area contributed by atoms with E-state index in [0.717, 1.165) is 50.3 Å². The van der Waals surface area contributed by atoms with Gasteiger partial charge < -0.3 is 4.74 Å². The van der Waals surface area contributed by atoms with Crippen LogP contribution in [0.15, 0.2) is 41.0 Å². The quantitative estimate of drug-likeness (QED) is 0.257. The SMILES string of the molecule is C[C@]12CC[C@H]3C(=CCC4=C3CC[C@H](OC(=O)c3cc([N+](=O)[O-])cc([N+](=O)[O-])c3)C4)[C@@H]1CCC2=O. The molecule has 2 saturated carbocycles. The second-order valence-electron chi connectivity index (χ2n) is 10.1. The Kier molecular flexibility index (Phi) is 5.37. The molecule has 0 heterocycles. The average Bonchev–Trinajstić information content (AvgIpc) is 3.12. The first-order valence-electron chi connectivity index (χ1n) is 11.8. The van der Waals surface area contributed by atoms with Gasteiger partial charge >= 0.3 is 5.97 Å². The fraction of sp³-hybridized carbons (Fsp3) is 0.520. The number of ether oxygens (including phenoxy) is 1. The highest BCUT2D eigenvalue weighted by atomic mass is 16.6. The summed E-state index contributed by atoms with van der Waals surface area (Å²) in [6, 6.07) is 2.86. The molecule has 0 N–H and O–H groups in total. The zero-order valence-corrected chi connectivity index (χ0v) is 19.0. The summed E-state index contributed by atoms with van der Waals surface area (Å²) in [5.74, 6) is 0.330. The Balaban J connectivity index is 1.30. The molecule has 34 heavy (non-hydrogen) atoms. The fourth-order valence-corrected chi connectivity index (χ4v) is 6.56. The van der Waals surface area contributed by atoms with Crippen molar-refractivity contribution in [3.05, 3.63) is 66.8 Å². The minimum absolute atomic E-state index is 0.191. The summed E-state index contributed by atoms with van der Waals surface area (Å²) >= 11 is 0. The van der Waals surface area contributed by atoms with E-state index in [4.69, 9.17) is 4.74 Å². The third kappa shape index (κ3) is 3.63. The molecule has 178 valence electrons. The molecular formula is C25H26N2O7. The maximum absolute atomic E-state index is 12.7. The Morgan fingerprint density at radius 2 is 1.76 bits per heavy atom. The van der Waals surface area contributed by atoms with Crippen LogP contribution < -0.4 is 0 Å². The number of ketones is 1. The molecule has 0 bridgehead atoms. The summed E-state index contributed by atoms with van der Waals surface area (Å²) in [5.41, 5.74) is 2.69. The molecule has 9 heteroatoms. The lowest BCUT2D eigenvalue weighted by Gasteiger charge is -2.46. The molecule has 5 rings (SSSR count). The van der Waals surface area contributed by atoms with Crippen LogP contribution in [0.2, 0.25) is 0 Å². The van der Waals surface area contributed by atoms with Crippen molar-refractivity contribution >= 4 is 23.1 Å². The minimum atomic E-state index is -0.786. The normalized spacial score (nSPS) is 30.1. The Morgan fingerprint density at radius 3 is 2.44 bits per heavy atom. The molecule has 0 radical (unpaired) electrons. The van der Waals surface area contributed by atoms with Gasteiger partial charge in [-0.15, -0.1) is 0 Å². The van der Waals surface area contributed by atoms with Crippen LogP contribution in [0.5, 0.6) is 0 Å². The van der Waals surface area contributed by atoms with E-state index in [9.17, 15) is 29.8 Å².